The van der Waals surface area contributed by atoms with Crippen molar-refractivity contribution in [1.29, 1.82) is 0 Å². The third kappa shape index (κ3) is 3.09. The Bertz CT molecular complexity index is 909. The zero-order valence-electron chi connectivity index (χ0n) is 13.2. The van der Waals surface area contributed by atoms with Crippen molar-refractivity contribution in [1.82, 2.24) is 0 Å². The lowest BCUT2D eigenvalue weighted by Crippen LogP contribution is -2.11. The standard InChI is InChI=1S/C15H13ClN4O5/c1-7-11(15(21)14(20(24)25)8(2)12(7)16)13(18-17)9-3-5-10(6-4-9)19(22)23/h3-6,21H,17H2,1-2H3/b18-13-. The summed E-state index contributed by atoms with van der Waals surface area (Å²) in [6, 6.07) is 5.22. The minimum atomic E-state index is -0.747. The number of halogens is 1. The van der Waals surface area contributed by atoms with Crippen LogP contribution in [0.5, 0.6) is 5.75 Å². The Morgan fingerprint density at radius 2 is 1.68 bits per heavy atom. The molecule has 10 heteroatoms. The lowest BCUT2D eigenvalue weighted by Gasteiger charge is -2.15. The van der Waals surface area contributed by atoms with Gasteiger partial charge in [0.05, 0.1) is 20.4 Å². The number of rotatable bonds is 4. The van der Waals surface area contributed by atoms with Crippen molar-refractivity contribution in [3.8, 4) is 5.75 Å². The van der Waals surface area contributed by atoms with Crippen molar-refractivity contribution in [3.63, 3.8) is 0 Å². The molecule has 0 atom stereocenters. The number of phenolic OH excluding ortho intramolecular Hbond substituents is 1. The quantitative estimate of drug-likeness (QED) is 0.368. The van der Waals surface area contributed by atoms with Crippen molar-refractivity contribution >= 4 is 28.7 Å². The van der Waals surface area contributed by atoms with Crippen molar-refractivity contribution < 1.29 is 15.0 Å². The number of non-ortho nitro benzene ring substituents is 1. The largest absolute Gasteiger partial charge is 0.502 e. The molecule has 0 aliphatic carbocycles. The Labute approximate surface area is 146 Å². The van der Waals surface area contributed by atoms with Gasteiger partial charge in [0, 0.05) is 23.3 Å². The molecule has 0 aromatic heterocycles. The Morgan fingerprint density at radius 1 is 1.12 bits per heavy atom. The lowest BCUT2D eigenvalue weighted by atomic mass is 9.94. The minimum Gasteiger partial charge on any atom is -0.502 e. The molecule has 2 rings (SSSR count). The Morgan fingerprint density at radius 3 is 2.12 bits per heavy atom. The number of benzene rings is 2. The molecule has 0 unspecified atom stereocenters. The minimum absolute atomic E-state index is 0.00125. The van der Waals surface area contributed by atoms with Gasteiger partial charge in [-0.3, -0.25) is 20.2 Å². The SMILES string of the molecule is Cc1c(Cl)c(C)c([N+](=O)[O-])c(O)c1/C(=N\N)c1ccc([N+](=O)[O-])cc1. The molecule has 9 nitrogen and oxygen atoms in total. The van der Waals surface area contributed by atoms with Crippen molar-refractivity contribution in [2.75, 3.05) is 0 Å². The average Bonchev–Trinajstić information content (AvgIpc) is 2.56. The lowest BCUT2D eigenvalue weighted by molar-refractivity contribution is -0.386. The number of hydrazone groups is 1. The number of hydrogen-bond donors (Lipinski definition) is 2. The van der Waals surface area contributed by atoms with Crippen molar-refractivity contribution in [3.05, 3.63) is 71.8 Å². The number of aromatic hydroxyl groups is 1. The summed E-state index contributed by atoms with van der Waals surface area (Å²) >= 11 is 6.16. The van der Waals surface area contributed by atoms with Gasteiger partial charge in [0.1, 0.15) is 5.71 Å². The first-order valence-electron chi connectivity index (χ1n) is 6.89. The monoisotopic (exact) mass is 364 g/mol. The van der Waals surface area contributed by atoms with Crippen LogP contribution in [-0.4, -0.2) is 20.7 Å². The highest BCUT2D eigenvalue weighted by Crippen LogP contribution is 2.41. The molecule has 0 aliphatic heterocycles. The summed E-state index contributed by atoms with van der Waals surface area (Å²) in [5.74, 6) is 4.80. The summed E-state index contributed by atoms with van der Waals surface area (Å²) in [5, 5.41) is 36.1. The summed E-state index contributed by atoms with van der Waals surface area (Å²) in [6.45, 7) is 2.98. The van der Waals surface area contributed by atoms with Gasteiger partial charge in [-0.25, -0.2) is 0 Å². The van der Waals surface area contributed by atoms with Gasteiger partial charge in [-0.05, 0) is 31.5 Å². The topological polar surface area (TPSA) is 145 Å². The van der Waals surface area contributed by atoms with Crippen LogP contribution >= 0.6 is 11.6 Å². The molecule has 2 aromatic carbocycles. The van der Waals surface area contributed by atoms with Crippen molar-refractivity contribution in [2.24, 2.45) is 10.9 Å². The summed E-state index contributed by atoms with van der Waals surface area (Å²) in [7, 11) is 0. The number of nitrogens with zero attached hydrogens (tertiary/aromatic N) is 3. The van der Waals surface area contributed by atoms with E-state index in [0.717, 1.165) is 0 Å². The van der Waals surface area contributed by atoms with E-state index in [1.165, 1.54) is 31.2 Å². The molecule has 0 heterocycles. The van der Waals surface area contributed by atoms with E-state index in [1.807, 2.05) is 0 Å². The number of phenols is 1. The van der Waals surface area contributed by atoms with Crippen LogP contribution in [0.1, 0.15) is 22.3 Å². The Balaban J connectivity index is 2.74. The molecular weight excluding hydrogens is 352 g/mol. The van der Waals surface area contributed by atoms with E-state index in [9.17, 15) is 25.3 Å². The number of nitro benzene ring substituents is 2. The average molecular weight is 365 g/mol. The number of nitrogens with two attached hydrogens (primary N) is 1. The van der Waals surface area contributed by atoms with E-state index in [2.05, 4.69) is 5.10 Å². The van der Waals surface area contributed by atoms with Gasteiger partial charge in [0.2, 0.25) is 5.75 Å². The van der Waals surface area contributed by atoms with Crippen LogP contribution in [0.2, 0.25) is 5.02 Å². The predicted molar refractivity (Wildman–Crippen MR) is 92.2 cm³/mol. The normalized spacial score (nSPS) is 11.4. The first-order chi connectivity index (χ1) is 11.7. The zero-order valence-corrected chi connectivity index (χ0v) is 13.9. The molecule has 0 spiro atoms. The highest BCUT2D eigenvalue weighted by atomic mass is 35.5. The van der Waals surface area contributed by atoms with Gasteiger partial charge in [-0.15, -0.1) is 0 Å². The fourth-order valence-electron chi connectivity index (χ4n) is 2.51. The summed E-state index contributed by atoms with van der Waals surface area (Å²) in [4.78, 5) is 20.7. The van der Waals surface area contributed by atoms with E-state index in [1.54, 1.807) is 6.92 Å². The second kappa shape index (κ2) is 6.73. The molecule has 2 aromatic rings. The van der Waals surface area contributed by atoms with Gasteiger partial charge >= 0.3 is 5.69 Å². The zero-order chi connectivity index (χ0) is 18.9. The van der Waals surface area contributed by atoms with Crippen LogP contribution in [0.3, 0.4) is 0 Å². The second-order valence-corrected chi connectivity index (χ2v) is 5.55. The fourth-order valence-corrected chi connectivity index (χ4v) is 2.69. The van der Waals surface area contributed by atoms with Crippen LogP contribution in [0.4, 0.5) is 11.4 Å². The maximum atomic E-state index is 11.3. The van der Waals surface area contributed by atoms with Crippen molar-refractivity contribution in [2.45, 2.75) is 13.8 Å². The molecular formula is C15H13ClN4O5. The maximum Gasteiger partial charge on any atom is 0.315 e. The van der Waals surface area contributed by atoms with Crippen LogP contribution in [0, 0.1) is 34.1 Å². The highest BCUT2D eigenvalue weighted by molar-refractivity contribution is 6.33. The van der Waals surface area contributed by atoms with Crippen LogP contribution in [-0.2, 0) is 0 Å². The molecule has 0 aliphatic rings. The maximum absolute atomic E-state index is 11.3. The van der Waals surface area contributed by atoms with E-state index in [-0.39, 0.29) is 27.5 Å². The Kier molecular flexibility index (Phi) is 4.89. The van der Waals surface area contributed by atoms with E-state index in [0.29, 0.717) is 11.1 Å². The number of hydrogen-bond acceptors (Lipinski definition) is 7. The van der Waals surface area contributed by atoms with Gasteiger partial charge in [-0.1, -0.05) is 11.6 Å². The molecule has 0 amide bonds. The van der Waals surface area contributed by atoms with Gasteiger partial charge in [0.25, 0.3) is 5.69 Å². The third-order valence-corrected chi connectivity index (χ3v) is 4.32. The van der Waals surface area contributed by atoms with E-state index in [4.69, 9.17) is 17.4 Å². The predicted octanol–water partition coefficient (Wildman–Crippen LogP) is 3.19. The van der Waals surface area contributed by atoms with Crippen LogP contribution in [0.25, 0.3) is 0 Å². The van der Waals surface area contributed by atoms with Gasteiger partial charge < -0.3 is 10.9 Å². The second-order valence-electron chi connectivity index (χ2n) is 5.17. The third-order valence-electron chi connectivity index (χ3n) is 3.75. The highest BCUT2D eigenvalue weighted by Gasteiger charge is 2.29. The summed E-state index contributed by atoms with van der Waals surface area (Å²) in [6.07, 6.45) is 0. The molecule has 130 valence electrons. The number of nitro groups is 2. The first-order valence-corrected chi connectivity index (χ1v) is 7.27. The molecule has 0 saturated heterocycles. The van der Waals surface area contributed by atoms with E-state index < -0.39 is 21.3 Å². The summed E-state index contributed by atoms with van der Waals surface area (Å²) < 4.78 is 0. The van der Waals surface area contributed by atoms with Gasteiger partial charge in [0.15, 0.2) is 0 Å². The molecule has 25 heavy (non-hydrogen) atoms. The smallest absolute Gasteiger partial charge is 0.315 e. The van der Waals surface area contributed by atoms with Crippen LogP contribution < -0.4 is 5.84 Å². The molecule has 0 saturated carbocycles. The first kappa shape index (κ1) is 18.1. The fraction of sp³-hybridized carbons (Fsp3) is 0.133. The molecule has 0 fully saturated rings. The van der Waals surface area contributed by atoms with E-state index >= 15 is 0 Å². The van der Waals surface area contributed by atoms with Gasteiger partial charge in [-0.2, -0.15) is 5.10 Å². The summed E-state index contributed by atoms with van der Waals surface area (Å²) in [5.41, 5.74) is 0.132. The molecule has 0 bridgehead atoms. The van der Waals surface area contributed by atoms with Crippen LogP contribution in [0.15, 0.2) is 29.4 Å². The molecule has 0 radical (unpaired) electrons. The molecule has 3 N–H and O–H groups in total. The Hall–Kier alpha value is -3.20.